The van der Waals surface area contributed by atoms with Gasteiger partial charge in [0.1, 0.15) is 0 Å². The predicted octanol–water partition coefficient (Wildman–Crippen LogP) is 4.63. The largest absolute Gasteiger partial charge is 0.368 e. The third-order valence-corrected chi connectivity index (χ3v) is 7.10. The third kappa shape index (κ3) is 7.71. The van der Waals surface area contributed by atoms with Gasteiger partial charge in [0.2, 0.25) is 11.8 Å². The fourth-order valence-electron chi connectivity index (χ4n) is 4.75. The van der Waals surface area contributed by atoms with Crippen molar-refractivity contribution in [2.45, 2.75) is 39.7 Å². The van der Waals surface area contributed by atoms with Crippen LogP contribution in [-0.2, 0) is 16.0 Å². The highest BCUT2D eigenvalue weighted by Gasteiger charge is 2.28. The molecular formula is C29H41ClN4O2. The zero-order valence-corrected chi connectivity index (χ0v) is 23.1. The summed E-state index contributed by atoms with van der Waals surface area (Å²) in [5, 5.41) is 3.98. The van der Waals surface area contributed by atoms with Gasteiger partial charge < -0.3 is 20.0 Å². The van der Waals surface area contributed by atoms with Gasteiger partial charge in [-0.2, -0.15) is 0 Å². The Morgan fingerprint density at radius 3 is 2.22 bits per heavy atom. The van der Waals surface area contributed by atoms with Gasteiger partial charge in [-0.3, -0.25) is 9.59 Å². The lowest BCUT2D eigenvalue weighted by atomic mass is 9.93. The predicted molar refractivity (Wildman–Crippen MR) is 148 cm³/mol. The van der Waals surface area contributed by atoms with Crippen molar-refractivity contribution in [2.24, 2.45) is 11.8 Å². The number of hydrogen-bond acceptors (Lipinski definition) is 4. The summed E-state index contributed by atoms with van der Waals surface area (Å²) in [6.45, 7) is 9.96. The number of benzene rings is 2. The fourth-order valence-corrected chi connectivity index (χ4v) is 4.88. The van der Waals surface area contributed by atoms with Crippen LogP contribution < -0.4 is 10.2 Å². The summed E-state index contributed by atoms with van der Waals surface area (Å²) in [7, 11) is 3.96. The van der Waals surface area contributed by atoms with Crippen LogP contribution in [0.25, 0.3) is 0 Å². The zero-order valence-electron chi connectivity index (χ0n) is 22.3. The second kappa shape index (κ2) is 13.1. The van der Waals surface area contributed by atoms with Gasteiger partial charge in [0, 0.05) is 55.8 Å². The Morgan fingerprint density at radius 1 is 0.972 bits per heavy atom. The monoisotopic (exact) mass is 512 g/mol. The molecule has 2 atom stereocenters. The lowest BCUT2D eigenvalue weighted by molar-refractivity contribution is -0.135. The zero-order chi connectivity index (χ0) is 26.2. The topological polar surface area (TPSA) is 55.9 Å². The minimum absolute atomic E-state index is 0.0603. The van der Waals surface area contributed by atoms with Crippen LogP contribution >= 0.6 is 11.6 Å². The number of hydrogen-bond donors (Lipinski definition) is 1. The van der Waals surface area contributed by atoms with Crippen LogP contribution in [-0.4, -0.2) is 68.4 Å². The smallest absolute Gasteiger partial charge is 0.225 e. The summed E-state index contributed by atoms with van der Waals surface area (Å²) in [6, 6.07) is 16.0. The molecule has 196 valence electrons. The van der Waals surface area contributed by atoms with Crippen LogP contribution in [0.1, 0.15) is 44.4 Å². The molecule has 1 aliphatic rings. The van der Waals surface area contributed by atoms with E-state index in [1.807, 2.05) is 61.2 Å². The van der Waals surface area contributed by atoms with Crippen LogP contribution in [0.4, 0.5) is 5.69 Å². The molecular weight excluding hydrogens is 472 g/mol. The molecule has 0 aliphatic carbocycles. The molecule has 0 bridgehead atoms. The molecule has 6 nitrogen and oxygen atoms in total. The van der Waals surface area contributed by atoms with Crippen molar-refractivity contribution in [3.63, 3.8) is 0 Å². The standard InChI is InChI=1S/C29H41ClN4O2/c1-21(2)28(31-27(35)14-15-32(4)5)25-8-6-7-9-26(25)33-16-18-34(19-17-33)29(36)22(3)20-23-10-12-24(30)13-11-23/h6-13,21-22,28H,14-20H2,1-5H3,(H,31,35)/t22-,28+/m1/s1. The summed E-state index contributed by atoms with van der Waals surface area (Å²) in [4.78, 5) is 32.2. The van der Waals surface area contributed by atoms with Crippen molar-refractivity contribution < 1.29 is 9.59 Å². The molecule has 1 N–H and O–H groups in total. The Bertz CT molecular complexity index is 1000. The number of carbonyl (C=O) groups is 2. The van der Waals surface area contributed by atoms with Gasteiger partial charge in [-0.25, -0.2) is 0 Å². The van der Waals surface area contributed by atoms with Gasteiger partial charge in [0.25, 0.3) is 0 Å². The summed E-state index contributed by atoms with van der Waals surface area (Å²) < 4.78 is 0. The molecule has 36 heavy (non-hydrogen) atoms. The molecule has 2 aromatic rings. The molecule has 2 amide bonds. The minimum Gasteiger partial charge on any atom is -0.368 e. The Morgan fingerprint density at radius 2 is 1.61 bits per heavy atom. The van der Waals surface area contributed by atoms with Crippen molar-refractivity contribution >= 4 is 29.1 Å². The van der Waals surface area contributed by atoms with Crippen LogP contribution in [0.5, 0.6) is 0 Å². The van der Waals surface area contributed by atoms with Crippen molar-refractivity contribution in [3.8, 4) is 0 Å². The van der Waals surface area contributed by atoms with Gasteiger partial charge >= 0.3 is 0 Å². The van der Waals surface area contributed by atoms with Gasteiger partial charge in [-0.15, -0.1) is 0 Å². The third-order valence-electron chi connectivity index (χ3n) is 6.85. The summed E-state index contributed by atoms with van der Waals surface area (Å²) in [5.41, 5.74) is 3.41. The lowest BCUT2D eigenvalue weighted by Crippen LogP contribution is -2.50. The first-order valence-corrected chi connectivity index (χ1v) is 13.3. The van der Waals surface area contributed by atoms with E-state index in [1.54, 1.807) is 0 Å². The highest BCUT2D eigenvalue weighted by molar-refractivity contribution is 6.30. The number of nitrogens with zero attached hydrogens (tertiary/aromatic N) is 3. The first-order chi connectivity index (χ1) is 17.2. The van der Waals surface area contributed by atoms with E-state index in [1.165, 1.54) is 0 Å². The highest BCUT2D eigenvalue weighted by atomic mass is 35.5. The van der Waals surface area contributed by atoms with Crippen LogP contribution in [0.3, 0.4) is 0 Å². The molecule has 7 heteroatoms. The van der Waals surface area contributed by atoms with Crippen LogP contribution in [0, 0.1) is 11.8 Å². The maximum atomic E-state index is 13.1. The second-order valence-corrected chi connectivity index (χ2v) is 10.9. The Hall–Kier alpha value is -2.57. The van der Waals surface area contributed by atoms with Crippen molar-refractivity contribution in [3.05, 3.63) is 64.7 Å². The molecule has 1 aliphatic heterocycles. The first kappa shape index (κ1) is 28.0. The Balaban J connectivity index is 1.64. The molecule has 0 radical (unpaired) electrons. The first-order valence-electron chi connectivity index (χ1n) is 13.0. The van der Waals surface area contributed by atoms with Gasteiger partial charge in [0.05, 0.1) is 6.04 Å². The van der Waals surface area contributed by atoms with E-state index in [2.05, 4.69) is 42.3 Å². The normalized spacial score (nSPS) is 15.8. The lowest BCUT2D eigenvalue weighted by Gasteiger charge is -2.39. The molecule has 0 saturated carbocycles. The van der Waals surface area contributed by atoms with E-state index < -0.39 is 0 Å². The van der Waals surface area contributed by atoms with E-state index in [0.717, 1.165) is 36.4 Å². The van der Waals surface area contributed by atoms with Crippen LogP contribution in [0.2, 0.25) is 5.02 Å². The van der Waals surface area contributed by atoms with E-state index in [4.69, 9.17) is 11.6 Å². The van der Waals surface area contributed by atoms with Gasteiger partial charge in [-0.05, 0) is 55.8 Å². The Kier molecular flexibility index (Phi) is 10.2. The van der Waals surface area contributed by atoms with Crippen molar-refractivity contribution in [1.82, 2.24) is 15.1 Å². The van der Waals surface area contributed by atoms with E-state index in [9.17, 15) is 9.59 Å². The SMILES string of the molecule is CC(C)[C@H](NC(=O)CCN(C)C)c1ccccc1N1CCN(C(=O)[C@H](C)Cc2ccc(Cl)cc2)CC1. The summed E-state index contributed by atoms with van der Waals surface area (Å²) in [6.07, 6.45) is 1.19. The number of anilines is 1. The van der Waals surface area contributed by atoms with E-state index in [-0.39, 0.29) is 29.7 Å². The number of carbonyl (C=O) groups excluding carboxylic acids is 2. The number of amides is 2. The molecule has 0 aromatic heterocycles. The average Bonchev–Trinajstić information content (AvgIpc) is 2.87. The van der Waals surface area contributed by atoms with Gasteiger partial charge in [0.15, 0.2) is 0 Å². The minimum atomic E-state index is -0.0762. The van der Waals surface area contributed by atoms with E-state index >= 15 is 0 Å². The van der Waals surface area contributed by atoms with Crippen LogP contribution in [0.15, 0.2) is 48.5 Å². The molecule has 1 saturated heterocycles. The molecule has 3 rings (SSSR count). The molecule has 0 unspecified atom stereocenters. The number of para-hydroxylation sites is 1. The maximum absolute atomic E-state index is 13.1. The quantitative estimate of drug-likeness (QED) is 0.504. The molecule has 1 heterocycles. The maximum Gasteiger partial charge on any atom is 0.225 e. The summed E-state index contributed by atoms with van der Waals surface area (Å²) in [5.74, 6) is 0.451. The van der Waals surface area contributed by atoms with E-state index in [0.29, 0.717) is 31.0 Å². The number of halogens is 1. The average molecular weight is 513 g/mol. The van der Waals surface area contributed by atoms with Crippen molar-refractivity contribution in [2.75, 3.05) is 51.7 Å². The summed E-state index contributed by atoms with van der Waals surface area (Å²) >= 11 is 5.99. The fraction of sp³-hybridized carbons (Fsp3) is 0.517. The molecule has 0 spiro atoms. The van der Waals surface area contributed by atoms with Gasteiger partial charge in [-0.1, -0.05) is 62.7 Å². The Labute approximate surface area is 221 Å². The molecule has 2 aromatic carbocycles. The second-order valence-electron chi connectivity index (χ2n) is 10.4. The highest BCUT2D eigenvalue weighted by Crippen LogP contribution is 2.32. The number of piperazine rings is 1. The van der Waals surface area contributed by atoms with Crippen molar-refractivity contribution in [1.29, 1.82) is 0 Å². The number of nitrogens with one attached hydrogen (secondary N) is 1. The number of rotatable bonds is 10. The molecule has 1 fully saturated rings.